The number of rotatable bonds is 3. The first kappa shape index (κ1) is 19.5. The summed E-state index contributed by atoms with van der Waals surface area (Å²) in [4.78, 5) is 22.2. The van der Waals surface area contributed by atoms with E-state index in [-0.39, 0.29) is 18.0 Å². The van der Waals surface area contributed by atoms with Crippen molar-refractivity contribution in [2.75, 3.05) is 19.4 Å². The summed E-state index contributed by atoms with van der Waals surface area (Å²) in [5, 5.41) is 24.0. The lowest BCUT2D eigenvalue weighted by molar-refractivity contribution is 0.230. The van der Waals surface area contributed by atoms with Crippen LogP contribution >= 0.6 is 0 Å². The van der Waals surface area contributed by atoms with Crippen LogP contribution in [0.4, 0.5) is 10.5 Å². The largest absolute Gasteiger partial charge is 0.376 e. The Morgan fingerprint density at radius 2 is 2.06 bits per heavy atom. The summed E-state index contributed by atoms with van der Waals surface area (Å²) in [5.41, 5.74) is 5.27. The number of nitrogens with zero attached hydrogens (tertiary/aromatic N) is 5. The number of urea groups is 1. The zero-order valence-corrected chi connectivity index (χ0v) is 17.5. The molecule has 0 fully saturated rings. The maximum atomic E-state index is 12.0. The molecule has 0 saturated carbocycles. The van der Waals surface area contributed by atoms with Crippen molar-refractivity contribution < 1.29 is 4.79 Å². The highest BCUT2D eigenvalue weighted by molar-refractivity contribution is 5.92. The summed E-state index contributed by atoms with van der Waals surface area (Å²) in [5.74, 6) is -0.0101. The number of anilines is 1. The van der Waals surface area contributed by atoms with Crippen molar-refractivity contribution in [1.82, 2.24) is 30.4 Å². The van der Waals surface area contributed by atoms with Crippen LogP contribution in [0, 0.1) is 17.2 Å². The highest BCUT2D eigenvalue weighted by Gasteiger charge is 2.31. The van der Waals surface area contributed by atoms with Gasteiger partial charge in [0.05, 0.1) is 29.7 Å². The molecule has 1 unspecified atom stereocenters. The van der Waals surface area contributed by atoms with Crippen molar-refractivity contribution in [3.63, 3.8) is 0 Å². The number of aromatic nitrogens is 4. The number of fused-ring (bicyclic) bond motifs is 2. The van der Waals surface area contributed by atoms with E-state index in [9.17, 15) is 10.1 Å². The minimum Gasteiger partial charge on any atom is -0.376 e. The summed E-state index contributed by atoms with van der Waals surface area (Å²) >= 11 is 0. The molecule has 32 heavy (non-hydrogen) atoms. The van der Waals surface area contributed by atoms with Gasteiger partial charge in [-0.15, -0.1) is 0 Å². The molecule has 9 heteroatoms. The third-order valence-electron chi connectivity index (χ3n) is 5.54. The minimum atomic E-state index is -0.227. The highest BCUT2D eigenvalue weighted by Crippen LogP contribution is 2.34. The molecule has 4 heterocycles. The van der Waals surface area contributed by atoms with E-state index in [0.29, 0.717) is 11.3 Å². The van der Waals surface area contributed by atoms with Crippen LogP contribution in [0.3, 0.4) is 0 Å². The van der Waals surface area contributed by atoms with Gasteiger partial charge in [0.2, 0.25) is 0 Å². The molecule has 0 radical (unpaired) electrons. The van der Waals surface area contributed by atoms with Gasteiger partial charge >= 0.3 is 6.03 Å². The molecule has 0 saturated heterocycles. The molecule has 1 aliphatic carbocycles. The van der Waals surface area contributed by atoms with Gasteiger partial charge in [0.1, 0.15) is 5.69 Å². The van der Waals surface area contributed by atoms with Crippen LogP contribution in [-0.2, 0) is 0 Å². The van der Waals surface area contributed by atoms with Gasteiger partial charge in [0.15, 0.2) is 5.65 Å². The number of nitrogens with one attached hydrogen (secondary N) is 3. The Morgan fingerprint density at radius 3 is 2.88 bits per heavy atom. The Balaban J connectivity index is 1.50. The van der Waals surface area contributed by atoms with Crippen LogP contribution in [0.1, 0.15) is 5.69 Å². The third-order valence-corrected chi connectivity index (χ3v) is 5.54. The van der Waals surface area contributed by atoms with E-state index in [1.807, 2.05) is 36.4 Å². The molecule has 0 bridgehead atoms. The molecular weight excluding hydrogens is 404 g/mol. The predicted molar refractivity (Wildman–Crippen MR) is 121 cm³/mol. The second-order valence-corrected chi connectivity index (χ2v) is 7.87. The second-order valence-electron chi connectivity index (χ2n) is 7.87. The van der Waals surface area contributed by atoms with E-state index < -0.39 is 0 Å². The summed E-state index contributed by atoms with van der Waals surface area (Å²) in [7, 11) is 3.36. The van der Waals surface area contributed by atoms with Crippen molar-refractivity contribution in [3.05, 3.63) is 66.3 Å². The second kappa shape index (κ2) is 7.67. The van der Waals surface area contributed by atoms with Crippen molar-refractivity contribution in [1.29, 1.82) is 5.26 Å². The average molecular weight is 424 g/mol. The predicted octanol–water partition coefficient (Wildman–Crippen LogP) is 3.06. The Morgan fingerprint density at radius 1 is 1.22 bits per heavy atom. The molecule has 2 aliphatic rings. The number of H-pyrrole nitrogens is 1. The fraction of sp³-hybridized carbons (Fsp3) is 0.174. The van der Waals surface area contributed by atoms with E-state index in [2.05, 4.69) is 36.9 Å². The highest BCUT2D eigenvalue weighted by atomic mass is 16.2. The first-order valence-electron chi connectivity index (χ1n) is 10.1. The van der Waals surface area contributed by atoms with E-state index in [1.54, 1.807) is 32.7 Å². The summed E-state index contributed by atoms with van der Waals surface area (Å²) in [6.07, 6.45) is 12.9. The van der Waals surface area contributed by atoms with Gasteiger partial charge in [-0.1, -0.05) is 12.2 Å². The number of nitriles is 1. The van der Waals surface area contributed by atoms with Crippen molar-refractivity contribution in [2.24, 2.45) is 5.92 Å². The number of hydrogen-bond donors (Lipinski definition) is 3. The SMILES string of the molecule is CN(C)C(=O)Nc1cncc(-c2cnc3[nH]nc(C4=C[C@@H]5C(C#N)=CC=CC5N4)c3c2)c1. The lowest BCUT2D eigenvalue weighted by Crippen LogP contribution is -2.28. The van der Waals surface area contributed by atoms with Crippen LogP contribution in [0.25, 0.3) is 27.9 Å². The molecule has 2 amide bonds. The molecule has 158 valence electrons. The van der Waals surface area contributed by atoms with Gasteiger partial charge in [-0.05, 0) is 24.3 Å². The van der Waals surface area contributed by atoms with E-state index in [1.165, 1.54) is 4.90 Å². The number of aromatic amines is 1. The monoisotopic (exact) mass is 424 g/mol. The fourth-order valence-electron chi connectivity index (χ4n) is 3.87. The molecule has 0 aromatic carbocycles. The summed E-state index contributed by atoms with van der Waals surface area (Å²) in [6.45, 7) is 0. The van der Waals surface area contributed by atoms with Crippen LogP contribution in [0.2, 0.25) is 0 Å². The Bertz CT molecular complexity index is 1360. The van der Waals surface area contributed by atoms with Gasteiger partial charge < -0.3 is 15.5 Å². The van der Waals surface area contributed by atoms with Gasteiger partial charge in [-0.3, -0.25) is 10.1 Å². The lowest BCUT2D eigenvalue weighted by Gasteiger charge is -2.18. The van der Waals surface area contributed by atoms with E-state index in [4.69, 9.17) is 0 Å². The van der Waals surface area contributed by atoms with E-state index in [0.717, 1.165) is 33.5 Å². The first-order chi connectivity index (χ1) is 15.5. The third kappa shape index (κ3) is 3.37. The molecule has 0 spiro atoms. The van der Waals surface area contributed by atoms with Crippen molar-refractivity contribution in [2.45, 2.75) is 6.04 Å². The normalized spacial score (nSPS) is 18.9. The zero-order chi connectivity index (χ0) is 22.2. The molecule has 3 aromatic heterocycles. The molecular formula is C23H20N8O. The zero-order valence-electron chi connectivity index (χ0n) is 17.5. The van der Waals surface area contributed by atoms with Crippen LogP contribution in [-0.4, -0.2) is 51.2 Å². The van der Waals surface area contributed by atoms with Crippen molar-refractivity contribution >= 4 is 28.4 Å². The minimum absolute atomic E-state index is 0.0101. The van der Waals surface area contributed by atoms with Crippen molar-refractivity contribution in [3.8, 4) is 17.2 Å². The lowest BCUT2D eigenvalue weighted by atomic mass is 9.90. The molecule has 3 N–H and O–H groups in total. The number of hydrogen-bond acceptors (Lipinski definition) is 6. The first-order valence-corrected chi connectivity index (χ1v) is 10.1. The number of carbonyl (C=O) groups excluding carboxylic acids is 1. The Labute approximate surface area is 184 Å². The number of amides is 2. The summed E-state index contributed by atoms with van der Waals surface area (Å²) < 4.78 is 0. The average Bonchev–Trinajstić information content (AvgIpc) is 3.42. The van der Waals surface area contributed by atoms with Crippen LogP contribution in [0.5, 0.6) is 0 Å². The molecule has 1 aliphatic heterocycles. The Kier molecular flexibility index (Phi) is 4.67. The van der Waals surface area contributed by atoms with Crippen LogP contribution < -0.4 is 10.6 Å². The standard InChI is InChI=1S/C23H20N8O/c1-31(2)23(32)27-16-6-14(10-25-12-16)15-7-18-21(29-30-22(18)26-11-15)20-8-17-13(9-24)4-3-5-19(17)28-20/h3-8,10-12,17,19,28H,1-2H3,(H,27,32)(H,26,29,30)/t17-,19?/m1/s1. The van der Waals surface area contributed by atoms with Gasteiger partial charge in [-0.2, -0.15) is 10.4 Å². The number of pyridine rings is 2. The molecule has 2 atom stereocenters. The fourth-order valence-corrected chi connectivity index (χ4v) is 3.87. The van der Waals surface area contributed by atoms with Gasteiger partial charge in [-0.25, -0.2) is 9.78 Å². The maximum absolute atomic E-state index is 12.0. The number of allylic oxidation sites excluding steroid dienone is 2. The maximum Gasteiger partial charge on any atom is 0.321 e. The van der Waals surface area contributed by atoms with Gasteiger partial charge in [0, 0.05) is 54.5 Å². The molecule has 3 aromatic rings. The van der Waals surface area contributed by atoms with Crippen LogP contribution in [0.15, 0.2) is 60.6 Å². The smallest absolute Gasteiger partial charge is 0.321 e. The molecule has 9 nitrogen and oxygen atoms in total. The number of carbonyl (C=O) groups is 1. The summed E-state index contributed by atoms with van der Waals surface area (Å²) in [6, 6.07) is 5.94. The van der Waals surface area contributed by atoms with Gasteiger partial charge in [0.25, 0.3) is 0 Å². The molecule has 5 rings (SSSR count). The quantitative estimate of drug-likeness (QED) is 0.594. The van der Waals surface area contributed by atoms with E-state index >= 15 is 0 Å². The Hall–Kier alpha value is -4.45. The topological polar surface area (TPSA) is 123 Å².